The molecule has 8 heteroatoms. The molecule has 0 aliphatic carbocycles. The number of aryl methyl sites for hydroxylation is 2. The van der Waals surface area contributed by atoms with Gasteiger partial charge in [0.15, 0.2) is 4.90 Å². The van der Waals surface area contributed by atoms with E-state index in [0.717, 1.165) is 0 Å². The van der Waals surface area contributed by atoms with Crippen molar-refractivity contribution in [2.24, 2.45) is 7.05 Å². The van der Waals surface area contributed by atoms with Gasteiger partial charge < -0.3 is 8.92 Å². The minimum atomic E-state index is -4.08. The molecule has 6 nitrogen and oxygen atoms in total. The number of halogens is 1. The summed E-state index contributed by atoms with van der Waals surface area (Å²) in [5.74, 6) is 1.40. The molecule has 0 unspecified atom stereocenters. The van der Waals surface area contributed by atoms with Gasteiger partial charge in [-0.2, -0.15) is 13.5 Å². The average molecular weight is 379 g/mol. The van der Waals surface area contributed by atoms with Crippen molar-refractivity contribution in [2.45, 2.75) is 11.8 Å². The highest BCUT2D eigenvalue weighted by Crippen LogP contribution is 2.29. The zero-order valence-electron chi connectivity index (χ0n) is 13.5. The van der Waals surface area contributed by atoms with Gasteiger partial charge in [-0.1, -0.05) is 29.8 Å². The second kappa shape index (κ2) is 6.78. The van der Waals surface area contributed by atoms with E-state index in [1.165, 1.54) is 16.8 Å². The first kappa shape index (κ1) is 17.3. The maximum absolute atomic E-state index is 12.4. The lowest BCUT2D eigenvalue weighted by atomic mass is 10.3. The molecule has 3 aromatic rings. The molecular weight excluding hydrogens is 364 g/mol. The van der Waals surface area contributed by atoms with Crippen LogP contribution in [0.15, 0.2) is 59.5 Å². The molecule has 0 atom stereocenters. The summed E-state index contributed by atoms with van der Waals surface area (Å²) in [5.41, 5.74) is 0.275. The first-order valence-electron chi connectivity index (χ1n) is 7.33. The molecule has 0 radical (unpaired) electrons. The number of hydrogen-bond acceptors (Lipinski definition) is 5. The molecular formula is C17H15ClN2O4S. The first-order valence-corrected chi connectivity index (χ1v) is 9.12. The third kappa shape index (κ3) is 3.78. The van der Waals surface area contributed by atoms with Gasteiger partial charge in [0.2, 0.25) is 0 Å². The Bertz CT molecular complexity index is 983. The summed E-state index contributed by atoms with van der Waals surface area (Å²) in [7, 11) is -2.52. The van der Waals surface area contributed by atoms with Crippen LogP contribution in [0.2, 0.25) is 5.15 Å². The van der Waals surface area contributed by atoms with E-state index in [-0.39, 0.29) is 21.5 Å². The van der Waals surface area contributed by atoms with E-state index in [0.29, 0.717) is 11.5 Å². The van der Waals surface area contributed by atoms with Gasteiger partial charge >= 0.3 is 10.1 Å². The van der Waals surface area contributed by atoms with Crippen LogP contribution < -0.4 is 8.92 Å². The summed E-state index contributed by atoms with van der Waals surface area (Å²) in [6.45, 7) is 1.55. The highest BCUT2D eigenvalue weighted by molar-refractivity contribution is 7.87. The fourth-order valence-corrected chi connectivity index (χ4v) is 3.90. The van der Waals surface area contributed by atoms with Crippen molar-refractivity contribution < 1.29 is 17.3 Å². The fraction of sp³-hybridized carbons (Fsp3) is 0.118. The van der Waals surface area contributed by atoms with Gasteiger partial charge in [0.25, 0.3) is 0 Å². The van der Waals surface area contributed by atoms with E-state index in [9.17, 15) is 8.42 Å². The SMILES string of the molecule is Cc1nn(C)c(Cl)c1S(=O)(=O)Oc1ccc(Oc2ccccc2)cc1. The summed E-state index contributed by atoms with van der Waals surface area (Å²) < 4.78 is 37.0. The van der Waals surface area contributed by atoms with E-state index in [4.69, 9.17) is 20.5 Å². The van der Waals surface area contributed by atoms with E-state index in [2.05, 4.69) is 5.10 Å². The summed E-state index contributed by atoms with van der Waals surface area (Å²) in [5, 5.41) is 3.99. The Balaban J connectivity index is 1.79. The summed E-state index contributed by atoms with van der Waals surface area (Å²) in [6, 6.07) is 15.5. The molecule has 2 aromatic carbocycles. The van der Waals surface area contributed by atoms with Crippen molar-refractivity contribution in [3.05, 3.63) is 65.4 Å². The molecule has 0 saturated carbocycles. The van der Waals surface area contributed by atoms with Crippen LogP contribution in [0.3, 0.4) is 0 Å². The maximum Gasteiger partial charge on any atom is 0.344 e. The smallest absolute Gasteiger partial charge is 0.344 e. The highest BCUT2D eigenvalue weighted by atomic mass is 35.5. The summed E-state index contributed by atoms with van der Waals surface area (Å²) in [6.07, 6.45) is 0. The zero-order chi connectivity index (χ0) is 18.0. The topological polar surface area (TPSA) is 70.4 Å². The quantitative estimate of drug-likeness (QED) is 0.629. The zero-order valence-corrected chi connectivity index (χ0v) is 15.1. The fourth-order valence-electron chi connectivity index (χ4n) is 2.25. The van der Waals surface area contributed by atoms with Gasteiger partial charge in [-0.25, -0.2) is 0 Å². The highest BCUT2D eigenvalue weighted by Gasteiger charge is 2.27. The molecule has 25 heavy (non-hydrogen) atoms. The standard InChI is InChI=1S/C17H15ClN2O4S/c1-12-16(17(18)20(2)19-12)25(21,22)24-15-10-8-14(9-11-15)23-13-6-4-3-5-7-13/h3-11H,1-2H3. The molecule has 0 spiro atoms. The predicted molar refractivity (Wildman–Crippen MR) is 93.7 cm³/mol. The van der Waals surface area contributed by atoms with Crippen LogP contribution in [0.5, 0.6) is 17.2 Å². The van der Waals surface area contributed by atoms with Gasteiger partial charge in [-0.15, -0.1) is 0 Å². The number of para-hydroxylation sites is 1. The largest absolute Gasteiger partial charge is 0.457 e. The van der Waals surface area contributed by atoms with Crippen molar-refractivity contribution >= 4 is 21.7 Å². The van der Waals surface area contributed by atoms with Crippen molar-refractivity contribution in [1.29, 1.82) is 0 Å². The second-order valence-electron chi connectivity index (χ2n) is 5.25. The summed E-state index contributed by atoms with van der Waals surface area (Å²) in [4.78, 5) is -0.138. The molecule has 0 bridgehead atoms. The Morgan fingerprint density at radius 1 is 0.960 bits per heavy atom. The Labute approximate surface area is 150 Å². The van der Waals surface area contributed by atoms with E-state index >= 15 is 0 Å². The van der Waals surface area contributed by atoms with E-state index in [1.807, 2.05) is 30.3 Å². The number of rotatable bonds is 5. The average Bonchev–Trinajstić information content (AvgIpc) is 2.83. The lowest BCUT2D eigenvalue weighted by molar-refractivity contribution is 0.474. The number of aromatic nitrogens is 2. The van der Waals surface area contributed by atoms with Crippen LogP contribution in [0.4, 0.5) is 0 Å². The Morgan fingerprint density at radius 3 is 2.08 bits per heavy atom. The first-order chi connectivity index (χ1) is 11.9. The molecule has 0 amide bonds. The Hall–Kier alpha value is -2.51. The molecule has 0 N–H and O–H groups in total. The van der Waals surface area contributed by atoms with Crippen LogP contribution in [-0.4, -0.2) is 18.2 Å². The number of ether oxygens (including phenoxy) is 1. The third-order valence-electron chi connectivity index (χ3n) is 3.36. The molecule has 0 aliphatic heterocycles. The van der Waals surface area contributed by atoms with E-state index < -0.39 is 10.1 Å². The lowest BCUT2D eigenvalue weighted by Crippen LogP contribution is -2.11. The monoisotopic (exact) mass is 378 g/mol. The second-order valence-corrected chi connectivity index (χ2v) is 7.09. The number of benzene rings is 2. The molecule has 0 aliphatic rings. The Kier molecular flexibility index (Phi) is 4.69. The molecule has 0 fully saturated rings. The molecule has 130 valence electrons. The minimum Gasteiger partial charge on any atom is -0.457 e. The number of nitrogens with zero attached hydrogens (tertiary/aromatic N) is 2. The van der Waals surface area contributed by atoms with E-state index in [1.54, 1.807) is 26.1 Å². The van der Waals surface area contributed by atoms with Crippen molar-refractivity contribution in [3.63, 3.8) is 0 Å². The normalized spacial score (nSPS) is 11.3. The van der Waals surface area contributed by atoms with Crippen LogP contribution in [0.1, 0.15) is 5.69 Å². The lowest BCUT2D eigenvalue weighted by Gasteiger charge is -2.08. The van der Waals surface area contributed by atoms with Crippen molar-refractivity contribution in [3.8, 4) is 17.2 Å². The molecule has 3 rings (SSSR count). The van der Waals surface area contributed by atoms with Crippen LogP contribution in [0.25, 0.3) is 0 Å². The molecule has 1 aromatic heterocycles. The van der Waals surface area contributed by atoms with Gasteiger partial charge in [0.05, 0.1) is 5.69 Å². The van der Waals surface area contributed by atoms with Crippen LogP contribution in [0, 0.1) is 6.92 Å². The van der Waals surface area contributed by atoms with Crippen LogP contribution in [-0.2, 0) is 17.2 Å². The predicted octanol–water partition coefficient (Wildman–Crippen LogP) is 3.94. The van der Waals surface area contributed by atoms with Crippen molar-refractivity contribution in [2.75, 3.05) is 0 Å². The third-order valence-corrected chi connectivity index (χ3v) is 5.30. The summed E-state index contributed by atoms with van der Waals surface area (Å²) >= 11 is 6.00. The van der Waals surface area contributed by atoms with Crippen molar-refractivity contribution in [1.82, 2.24) is 9.78 Å². The number of hydrogen-bond donors (Lipinski definition) is 0. The van der Waals surface area contributed by atoms with Gasteiger partial charge in [0, 0.05) is 7.05 Å². The molecule has 1 heterocycles. The van der Waals surface area contributed by atoms with Gasteiger partial charge in [-0.05, 0) is 43.3 Å². The molecule has 0 saturated heterocycles. The maximum atomic E-state index is 12.4. The van der Waals surface area contributed by atoms with Crippen LogP contribution >= 0.6 is 11.6 Å². The van der Waals surface area contributed by atoms with Gasteiger partial charge in [-0.3, -0.25) is 4.68 Å². The Morgan fingerprint density at radius 2 is 1.52 bits per heavy atom. The van der Waals surface area contributed by atoms with Gasteiger partial charge in [0.1, 0.15) is 22.4 Å². The minimum absolute atomic E-state index is 0.00142.